The lowest BCUT2D eigenvalue weighted by Crippen LogP contribution is -2.28. The van der Waals surface area contributed by atoms with Gasteiger partial charge in [0.05, 0.1) is 17.4 Å². The average molecular weight is 339 g/mol. The van der Waals surface area contributed by atoms with Crippen molar-refractivity contribution >= 4 is 11.9 Å². The van der Waals surface area contributed by atoms with E-state index in [0.717, 1.165) is 18.2 Å². The maximum Gasteiger partial charge on any atom is 0.417 e. The molecule has 1 heterocycles. The van der Waals surface area contributed by atoms with Crippen LogP contribution in [0.15, 0.2) is 53.2 Å². The van der Waals surface area contributed by atoms with Crippen LogP contribution in [-0.4, -0.2) is 11.9 Å². The topological polar surface area (TPSA) is 68.5 Å². The molecule has 24 heavy (non-hydrogen) atoms. The second kappa shape index (κ2) is 6.61. The summed E-state index contributed by atoms with van der Waals surface area (Å²) in [5.74, 6) is -2.07. The van der Waals surface area contributed by atoms with Crippen LogP contribution in [-0.2, 0) is 15.8 Å². The third-order valence-corrected chi connectivity index (χ3v) is 2.97. The van der Waals surface area contributed by atoms with E-state index in [9.17, 15) is 22.8 Å². The van der Waals surface area contributed by atoms with E-state index in [-0.39, 0.29) is 16.9 Å². The molecule has 1 aromatic carbocycles. The van der Waals surface area contributed by atoms with Crippen LogP contribution in [0.1, 0.15) is 22.8 Å². The van der Waals surface area contributed by atoms with Gasteiger partial charge < -0.3 is 9.25 Å². The lowest BCUT2D eigenvalue weighted by Gasteiger charge is -2.15. The lowest BCUT2D eigenvalue weighted by atomic mass is 9.98. The molecular formula is C16H12F3NO4. The van der Waals surface area contributed by atoms with E-state index in [4.69, 9.17) is 4.42 Å². The molecule has 8 heteroatoms. The van der Waals surface area contributed by atoms with Crippen LogP contribution in [0, 0.1) is 0 Å². The van der Waals surface area contributed by atoms with Gasteiger partial charge in [0.15, 0.2) is 0 Å². The number of rotatable bonds is 3. The SMILES string of the molecule is C=C(C)C(=O)ONC(=O)c1cccc(C(F)(F)F)c1-c1ccco1. The van der Waals surface area contributed by atoms with Crippen LogP contribution < -0.4 is 5.48 Å². The standard InChI is InChI=1S/C16H12F3NO4/c1-9(2)15(22)24-20-14(21)10-5-3-6-11(16(17,18)19)13(10)12-7-4-8-23-12/h3-8H,1H2,2H3,(H,20,21). The minimum Gasteiger partial charge on any atom is -0.464 e. The van der Waals surface area contributed by atoms with Gasteiger partial charge in [-0.3, -0.25) is 4.79 Å². The van der Waals surface area contributed by atoms with Gasteiger partial charge in [0, 0.05) is 11.1 Å². The number of halogens is 3. The molecule has 0 saturated heterocycles. The van der Waals surface area contributed by atoms with Crippen LogP contribution in [0.4, 0.5) is 13.2 Å². The minimum atomic E-state index is -4.70. The largest absolute Gasteiger partial charge is 0.464 e. The Bertz CT molecular complexity index is 779. The smallest absolute Gasteiger partial charge is 0.417 e. The van der Waals surface area contributed by atoms with Gasteiger partial charge in [-0.15, -0.1) is 0 Å². The van der Waals surface area contributed by atoms with Gasteiger partial charge in [0.2, 0.25) is 0 Å². The van der Waals surface area contributed by atoms with Gasteiger partial charge in [-0.25, -0.2) is 4.79 Å². The third kappa shape index (κ3) is 3.65. The summed E-state index contributed by atoms with van der Waals surface area (Å²) in [5, 5.41) is 0. The molecule has 0 aliphatic heterocycles. The summed E-state index contributed by atoms with van der Waals surface area (Å²) in [7, 11) is 0. The molecule has 0 saturated carbocycles. The Morgan fingerprint density at radius 3 is 2.46 bits per heavy atom. The normalized spacial score (nSPS) is 11.0. The predicted molar refractivity (Wildman–Crippen MR) is 77.5 cm³/mol. The maximum atomic E-state index is 13.2. The van der Waals surface area contributed by atoms with E-state index >= 15 is 0 Å². The average Bonchev–Trinajstić information content (AvgIpc) is 3.04. The van der Waals surface area contributed by atoms with Gasteiger partial charge in [-0.1, -0.05) is 12.6 Å². The summed E-state index contributed by atoms with van der Waals surface area (Å²) in [6, 6.07) is 5.75. The monoisotopic (exact) mass is 339 g/mol. The van der Waals surface area contributed by atoms with Crippen LogP contribution in [0.3, 0.4) is 0 Å². The summed E-state index contributed by atoms with van der Waals surface area (Å²) in [6.07, 6.45) is -3.52. The Labute approximate surface area is 134 Å². The van der Waals surface area contributed by atoms with Gasteiger partial charge in [-0.2, -0.15) is 18.7 Å². The molecular weight excluding hydrogens is 327 g/mol. The van der Waals surface area contributed by atoms with Crippen LogP contribution in [0.2, 0.25) is 0 Å². The Balaban J connectivity index is 2.45. The number of carbonyl (C=O) groups is 2. The molecule has 0 fully saturated rings. The first-order valence-electron chi connectivity index (χ1n) is 6.63. The first-order chi connectivity index (χ1) is 11.2. The number of hydrogen-bond acceptors (Lipinski definition) is 4. The highest BCUT2D eigenvalue weighted by Gasteiger charge is 2.36. The van der Waals surface area contributed by atoms with E-state index in [1.807, 2.05) is 0 Å². The summed E-state index contributed by atoms with van der Waals surface area (Å²) >= 11 is 0. The van der Waals surface area contributed by atoms with Crippen molar-refractivity contribution in [2.24, 2.45) is 0 Å². The highest BCUT2D eigenvalue weighted by Crippen LogP contribution is 2.39. The molecule has 0 unspecified atom stereocenters. The number of benzene rings is 1. The van der Waals surface area contributed by atoms with E-state index in [1.165, 1.54) is 25.3 Å². The molecule has 0 bridgehead atoms. The molecule has 1 aromatic heterocycles. The summed E-state index contributed by atoms with van der Waals surface area (Å²) in [4.78, 5) is 27.9. The zero-order valence-electron chi connectivity index (χ0n) is 12.4. The van der Waals surface area contributed by atoms with Crippen molar-refractivity contribution in [3.8, 4) is 11.3 Å². The molecule has 0 aliphatic rings. The van der Waals surface area contributed by atoms with Crippen LogP contribution in [0.25, 0.3) is 11.3 Å². The number of furan rings is 1. The van der Waals surface area contributed by atoms with Crippen molar-refractivity contribution in [2.45, 2.75) is 13.1 Å². The first kappa shape index (κ1) is 17.3. The Hall–Kier alpha value is -3.03. The molecule has 2 aromatic rings. The number of hydroxylamine groups is 1. The minimum absolute atomic E-state index is 0.0191. The lowest BCUT2D eigenvalue weighted by molar-refractivity contribution is -0.144. The van der Waals surface area contributed by atoms with E-state index in [2.05, 4.69) is 11.4 Å². The molecule has 5 nitrogen and oxygen atoms in total. The van der Waals surface area contributed by atoms with Crippen molar-refractivity contribution in [1.29, 1.82) is 0 Å². The molecule has 0 radical (unpaired) electrons. The van der Waals surface area contributed by atoms with E-state index in [0.29, 0.717) is 0 Å². The van der Waals surface area contributed by atoms with Gasteiger partial charge in [0.1, 0.15) is 5.76 Å². The van der Waals surface area contributed by atoms with Gasteiger partial charge >= 0.3 is 12.1 Å². The van der Waals surface area contributed by atoms with Crippen molar-refractivity contribution < 1.29 is 32.0 Å². The zero-order chi connectivity index (χ0) is 17.9. The van der Waals surface area contributed by atoms with Crippen molar-refractivity contribution in [1.82, 2.24) is 5.48 Å². The highest BCUT2D eigenvalue weighted by atomic mass is 19.4. The number of amides is 1. The van der Waals surface area contributed by atoms with E-state index in [1.54, 1.807) is 5.48 Å². The van der Waals surface area contributed by atoms with E-state index < -0.39 is 29.2 Å². The molecule has 1 N–H and O–H groups in total. The van der Waals surface area contributed by atoms with Crippen molar-refractivity contribution in [3.63, 3.8) is 0 Å². The quantitative estimate of drug-likeness (QED) is 0.683. The molecule has 126 valence electrons. The zero-order valence-corrected chi connectivity index (χ0v) is 12.4. The van der Waals surface area contributed by atoms with Crippen LogP contribution in [0.5, 0.6) is 0 Å². The number of alkyl halides is 3. The fourth-order valence-electron chi connectivity index (χ4n) is 1.90. The predicted octanol–water partition coefficient (Wildman–Crippen LogP) is 3.73. The molecule has 0 aliphatic carbocycles. The second-order valence-corrected chi connectivity index (χ2v) is 4.80. The number of hydrogen-bond donors (Lipinski definition) is 1. The van der Waals surface area contributed by atoms with Crippen molar-refractivity contribution in [2.75, 3.05) is 0 Å². The fourth-order valence-corrected chi connectivity index (χ4v) is 1.90. The Morgan fingerprint density at radius 1 is 1.21 bits per heavy atom. The summed E-state index contributed by atoms with van der Waals surface area (Å²) in [6.45, 7) is 4.67. The third-order valence-electron chi connectivity index (χ3n) is 2.97. The van der Waals surface area contributed by atoms with Gasteiger partial charge in [-0.05, 0) is 31.2 Å². The molecule has 0 spiro atoms. The number of carbonyl (C=O) groups excluding carboxylic acids is 2. The fraction of sp³-hybridized carbons (Fsp3) is 0.125. The highest BCUT2D eigenvalue weighted by molar-refractivity contribution is 6.01. The number of nitrogens with one attached hydrogen (secondary N) is 1. The summed E-state index contributed by atoms with van der Waals surface area (Å²) < 4.78 is 44.7. The second-order valence-electron chi connectivity index (χ2n) is 4.80. The molecule has 2 rings (SSSR count). The Kier molecular flexibility index (Phi) is 4.77. The Morgan fingerprint density at radius 2 is 1.92 bits per heavy atom. The molecule has 1 amide bonds. The van der Waals surface area contributed by atoms with Crippen molar-refractivity contribution in [3.05, 3.63) is 59.9 Å². The first-order valence-corrected chi connectivity index (χ1v) is 6.63. The van der Waals surface area contributed by atoms with Gasteiger partial charge in [0.25, 0.3) is 5.91 Å². The van der Waals surface area contributed by atoms with Crippen LogP contribution >= 0.6 is 0 Å². The summed E-state index contributed by atoms with van der Waals surface area (Å²) in [5.41, 5.74) is -0.0212. The maximum absolute atomic E-state index is 13.2. The molecule has 0 atom stereocenters.